The summed E-state index contributed by atoms with van der Waals surface area (Å²) in [5.74, 6) is 3.54. The number of oxime groups is 1. The number of benzene rings is 1. The summed E-state index contributed by atoms with van der Waals surface area (Å²) in [6.45, 7) is 3.66. The first-order valence-corrected chi connectivity index (χ1v) is 8.81. The minimum atomic E-state index is -0.0213. The van der Waals surface area contributed by atoms with Crippen molar-refractivity contribution in [3.8, 4) is 11.5 Å². The van der Waals surface area contributed by atoms with Crippen LogP contribution in [-0.2, 0) is 9.63 Å². The number of hydrogen-bond acceptors (Lipinski definition) is 6. The van der Waals surface area contributed by atoms with Crippen LogP contribution in [-0.4, -0.2) is 54.5 Å². The van der Waals surface area contributed by atoms with Crippen molar-refractivity contribution in [1.82, 2.24) is 4.90 Å². The van der Waals surface area contributed by atoms with Crippen LogP contribution in [0.3, 0.4) is 0 Å². The Morgan fingerprint density at radius 3 is 3.09 bits per heavy atom. The van der Waals surface area contributed by atoms with Gasteiger partial charge >= 0.3 is 0 Å². The molecule has 1 amide bonds. The Balaban J connectivity index is 1.53. The van der Waals surface area contributed by atoms with E-state index in [-0.39, 0.29) is 19.3 Å². The zero-order valence-electron chi connectivity index (χ0n) is 13.1. The molecule has 0 bridgehead atoms. The van der Waals surface area contributed by atoms with Crippen LogP contribution in [0.15, 0.2) is 23.4 Å². The Morgan fingerprint density at radius 2 is 2.17 bits per heavy atom. The minimum absolute atomic E-state index is 0.00487. The van der Waals surface area contributed by atoms with Crippen LogP contribution >= 0.6 is 11.8 Å². The molecular formula is C16H20N2O4S. The molecule has 0 atom stereocenters. The van der Waals surface area contributed by atoms with E-state index >= 15 is 0 Å². The van der Waals surface area contributed by atoms with Gasteiger partial charge in [-0.3, -0.25) is 4.79 Å². The number of thioether (sulfide) groups is 1. The molecule has 2 heterocycles. The summed E-state index contributed by atoms with van der Waals surface area (Å²) in [5.41, 5.74) is 1.58. The van der Waals surface area contributed by atoms with Gasteiger partial charge in [-0.15, -0.1) is 0 Å². The van der Waals surface area contributed by atoms with Gasteiger partial charge in [-0.2, -0.15) is 11.8 Å². The van der Waals surface area contributed by atoms with Crippen LogP contribution in [0.25, 0.3) is 0 Å². The Hall–Kier alpha value is -1.89. The first kappa shape index (κ1) is 16.0. The van der Waals surface area contributed by atoms with Crippen LogP contribution in [0.2, 0.25) is 0 Å². The molecule has 2 aliphatic rings. The van der Waals surface area contributed by atoms with Gasteiger partial charge in [0, 0.05) is 24.4 Å². The first-order valence-electron chi connectivity index (χ1n) is 7.66. The molecule has 0 saturated carbocycles. The number of nitrogens with zero attached hydrogens (tertiary/aromatic N) is 2. The van der Waals surface area contributed by atoms with Crippen molar-refractivity contribution in [2.24, 2.45) is 5.16 Å². The van der Waals surface area contributed by atoms with Gasteiger partial charge < -0.3 is 19.2 Å². The van der Waals surface area contributed by atoms with E-state index in [9.17, 15) is 4.79 Å². The number of amides is 1. The predicted molar refractivity (Wildman–Crippen MR) is 89.3 cm³/mol. The molecule has 7 heteroatoms. The fourth-order valence-electron chi connectivity index (χ4n) is 2.45. The molecule has 0 aromatic heterocycles. The molecule has 1 saturated heterocycles. The van der Waals surface area contributed by atoms with Crippen molar-refractivity contribution in [3.05, 3.63) is 23.8 Å². The molecular weight excluding hydrogens is 316 g/mol. The lowest BCUT2D eigenvalue weighted by Crippen LogP contribution is -2.35. The van der Waals surface area contributed by atoms with Gasteiger partial charge in [0.05, 0.1) is 5.71 Å². The van der Waals surface area contributed by atoms with Gasteiger partial charge in [-0.05, 0) is 37.3 Å². The zero-order valence-corrected chi connectivity index (χ0v) is 13.9. The maximum Gasteiger partial charge on any atom is 0.263 e. The molecule has 6 nitrogen and oxygen atoms in total. The fraction of sp³-hybridized carbons (Fsp3) is 0.500. The van der Waals surface area contributed by atoms with Crippen LogP contribution in [0.5, 0.6) is 11.5 Å². The summed E-state index contributed by atoms with van der Waals surface area (Å²) >= 11 is 1.89. The summed E-state index contributed by atoms with van der Waals surface area (Å²) < 4.78 is 10.6. The zero-order chi connectivity index (χ0) is 16.1. The van der Waals surface area contributed by atoms with Gasteiger partial charge in [0.25, 0.3) is 5.91 Å². The highest BCUT2D eigenvalue weighted by atomic mass is 32.2. The van der Waals surface area contributed by atoms with Crippen molar-refractivity contribution < 1.29 is 19.1 Å². The second kappa shape index (κ2) is 7.59. The Morgan fingerprint density at radius 1 is 1.30 bits per heavy atom. The number of rotatable bonds is 4. The molecule has 1 fully saturated rings. The Kier molecular flexibility index (Phi) is 5.27. The van der Waals surface area contributed by atoms with Gasteiger partial charge in [0.15, 0.2) is 18.1 Å². The fourth-order valence-corrected chi connectivity index (χ4v) is 3.33. The standard InChI is InChI=1S/C16H20N2O4S/c1-12(13-3-4-14-15(9-13)21-11-20-14)17-22-10-16(19)18-5-2-7-23-8-6-18/h3-4,9H,2,5-8,10-11H2,1H3. The first-order chi connectivity index (χ1) is 11.2. The van der Waals surface area contributed by atoms with Crippen molar-refractivity contribution in [3.63, 3.8) is 0 Å². The van der Waals surface area contributed by atoms with E-state index in [4.69, 9.17) is 14.3 Å². The van der Waals surface area contributed by atoms with Crippen molar-refractivity contribution >= 4 is 23.4 Å². The number of carbonyl (C=O) groups excluding carboxylic acids is 1. The van der Waals surface area contributed by atoms with Crippen LogP contribution in [0.1, 0.15) is 18.9 Å². The number of hydrogen-bond donors (Lipinski definition) is 0. The van der Waals surface area contributed by atoms with E-state index in [1.807, 2.05) is 41.8 Å². The third-order valence-electron chi connectivity index (χ3n) is 3.75. The normalized spacial score (nSPS) is 17.8. The van der Waals surface area contributed by atoms with Crippen molar-refractivity contribution in [2.45, 2.75) is 13.3 Å². The SMILES string of the molecule is CC(=NOCC(=O)N1CCCSCC1)c1ccc2c(c1)OCO2. The predicted octanol–water partition coefficient (Wildman–Crippen LogP) is 2.12. The van der Waals surface area contributed by atoms with Gasteiger partial charge in [-0.25, -0.2) is 0 Å². The molecule has 0 spiro atoms. The summed E-state index contributed by atoms with van der Waals surface area (Å²) in [5, 5.41) is 4.05. The van der Waals surface area contributed by atoms with Gasteiger partial charge in [0.1, 0.15) is 0 Å². The third-order valence-corrected chi connectivity index (χ3v) is 4.80. The second-order valence-electron chi connectivity index (χ2n) is 5.36. The lowest BCUT2D eigenvalue weighted by atomic mass is 10.1. The van der Waals surface area contributed by atoms with E-state index in [0.29, 0.717) is 11.5 Å². The van der Waals surface area contributed by atoms with Gasteiger partial charge in [-0.1, -0.05) is 5.16 Å². The number of carbonyl (C=O) groups is 1. The van der Waals surface area contributed by atoms with Crippen LogP contribution in [0, 0.1) is 0 Å². The maximum absolute atomic E-state index is 12.1. The van der Waals surface area contributed by atoms with E-state index in [1.54, 1.807) is 0 Å². The highest BCUT2D eigenvalue weighted by Gasteiger charge is 2.16. The highest BCUT2D eigenvalue weighted by Crippen LogP contribution is 2.32. The van der Waals surface area contributed by atoms with Crippen molar-refractivity contribution in [2.75, 3.05) is 38.0 Å². The molecule has 124 valence electrons. The van der Waals surface area contributed by atoms with Gasteiger partial charge in [0.2, 0.25) is 6.79 Å². The average molecular weight is 336 g/mol. The molecule has 1 aromatic rings. The molecule has 1 aromatic carbocycles. The minimum Gasteiger partial charge on any atom is -0.454 e. The summed E-state index contributed by atoms with van der Waals surface area (Å²) in [6.07, 6.45) is 1.04. The van der Waals surface area contributed by atoms with E-state index in [0.717, 1.165) is 42.3 Å². The molecule has 0 unspecified atom stereocenters. The summed E-state index contributed by atoms with van der Waals surface area (Å²) in [6, 6.07) is 5.60. The third kappa shape index (κ3) is 4.10. The van der Waals surface area contributed by atoms with Crippen LogP contribution in [0.4, 0.5) is 0 Å². The van der Waals surface area contributed by atoms with E-state index in [1.165, 1.54) is 0 Å². The molecule has 0 radical (unpaired) electrons. The topological polar surface area (TPSA) is 60.4 Å². The Labute approximate surface area is 139 Å². The monoisotopic (exact) mass is 336 g/mol. The average Bonchev–Trinajstić information content (AvgIpc) is 2.86. The summed E-state index contributed by atoms with van der Waals surface area (Å²) in [4.78, 5) is 19.2. The molecule has 23 heavy (non-hydrogen) atoms. The quantitative estimate of drug-likeness (QED) is 0.623. The maximum atomic E-state index is 12.1. The second-order valence-corrected chi connectivity index (χ2v) is 6.59. The molecule has 3 rings (SSSR count). The number of fused-ring (bicyclic) bond motifs is 1. The molecule has 0 N–H and O–H groups in total. The molecule has 2 aliphatic heterocycles. The smallest absolute Gasteiger partial charge is 0.263 e. The van der Waals surface area contributed by atoms with E-state index in [2.05, 4.69) is 5.16 Å². The largest absolute Gasteiger partial charge is 0.454 e. The Bertz CT molecular complexity index is 598. The molecule has 0 aliphatic carbocycles. The summed E-state index contributed by atoms with van der Waals surface area (Å²) in [7, 11) is 0. The van der Waals surface area contributed by atoms with Crippen LogP contribution < -0.4 is 9.47 Å². The van der Waals surface area contributed by atoms with E-state index < -0.39 is 0 Å². The number of ether oxygens (including phenoxy) is 2. The lowest BCUT2D eigenvalue weighted by Gasteiger charge is -2.18. The highest BCUT2D eigenvalue weighted by molar-refractivity contribution is 7.99. The lowest BCUT2D eigenvalue weighted by molar-refractivity contribution is -0.135. The van der Waals surface area contributed by atoms with Crippen molar-refractivity contribution in [1.29, 1.82) is 0 Å².